The fourth-order valence-corrected chi connectivity index (χ4v) is 2.12. The largest absolute Gasteiger partial charge is 0.378 e. The molecule has 2 aliphatic rings. The van der Waals surface area contributed by atoms with E-state index in [2.05, 4.69) is 12.2 Å². The number of nitrogens with one attached hydrogen (secondary N) is 1. The van der Waals surface area contributed by atoms with Gasteiger partial charge in [-0.1, -0.05) is 6.92 Å². The predicted octanol–water partition coefficient (Wildman–Crippen LogP) is 0.773. The number of morpholine rings is 1. The molecular weight excluding hydrogens is 126 g/mol. The molecule has 2 heteroatoms. The minimum Gasteiger partial charge on any atom is -0.378 e. The van der Waals surface area contributed by atoms with E-state index >= 15 is 0 Å². The molecule has 0 aromatic heterocycles. The third-order valence-electron chi connectivity index (χ3n) is 2.48. The first kappa shape index (κ1) is 6.62. The van der Waals surface area contributed by atoms with Crippen LogP contribution in [0, 0.1) is 5.92 Å². The van der Waals surface area contributed by atoms with Crippen molar-refractivity contribution < 1.29 is 4.74 Å². The van der Waals surface area contributed by atoms with Gasteiger partial charge in [-0.25, -0.2) is 0 Å². The molecule has 0 amide bonds. The van der Waals surface area contributed by atoms with Crippen LogP contribution in [0.25, 0.3) is 0 Å². The smallest absolute Gasteiger partial charge is 0.0620 e. The summed E-state index contributed by atoms with van der Waals surface area (Å²) in [5, 5.41) is 3.56. The maximum Gasteiger partial charge on any atom is 0.0620 e. The molecule has 58 valence electrons. The zero-order valence-corrected chi connectivity index (χ0v) is 6.47. The molecule has 0 radical (unpaired) electrons. The summed E-state index contributed by atoms with van der Waals surface area (Å²) < 4.78 is 5.42. The molecule has 0 spiro atoms. The minimum atomic E-state index is 0.655. The molecular formula is C8H15NO. The highest BCUT2D eigenvalue weighted by Gasteiger charge is 2.29. The van der Waals surface area contributed by atoms with Gasteiger partial charge in [-0.15, -0.1) is 0 Å². The van der Waals surface area contributed by atoms with Crippen LogP contribution >= 0.6 is 0 Å². The summed E-state index contributed by atoms with van der Waals surface area (Å²) in [4.78, 5) is 0. The van der Waals surface area contributed by atoms with Gasteiger partial charge < -0.3 is 10.1 Å². The van der Waals surface area contributed by atoms with Gasteiger partial charge in [-0.05, 0) is 18.8 Å². The first-order valence-corrected chi connectivity index (χ1v) is 4.18. The highest BCUT2D eigenvalue weighted by Crippen LogP contribution is 2.22. The predicted molar refractivity (Wildman–Crippen MR) is 39.9 cm³/mol. The minimum absolute atomic E-state index is 0.655. The van der Waals surface area contributed by atoms with Gasteiger partial charge >= 0.3 is 0 Å². The Hall–Kier alpha value is -0.0800. The summed E-state index contributed by atoms with van der Waals surface area (Å²) in [5.41, 5.74) is 0. The van der Waals surface area contributed by atoms with Crippen molar-refractivity contribution in [1.29, 1.82) is 0 Å². The third-order valence-corrected chi connectivity index (χ3v) is 2.48. The van der Waals surface area contributed by atoms with Crippen LogP contribution < -0.4 is 5.32 Å². The van der Waals surface area contributed by atoms with E-state index in [9.17, 15) is 0 Å². The Kier molecular flexibility index (Phi) is 1.66. The fraction of sp³-hybridized carbons (Fsp3) is 1.00. The Labute approximate surface area is 61.9 Å². The molecule has 0 aromatic carbocycles. The van der Waals surface area contributed by atoms with E-state index in [0.29, 0.717) is 12.1 Å². The molecule has 2 unspecified atom stereocenters. The van der Waals surface area contributed by atoms with Gasteiger partial charge in [0.2, 0.25) is 0 Å². The summed E-state index contributed by atoms with van der Waals surface area (Å²) >= 11 is 0. The van der Waals surface area contributed by atoms with Crippen LogP contribution in [0.4, 0.5) is 0 Å². The van der Waals surface area contributed by atoms with Crippen molar-refractivity contribution in [2.24, 2.45) is 5.92 Å². The van der Waals surface area contributed by atoms with Crippen LogP contribution in [0.15, 0.2) is 0 Å². The summed E-state index contributed by atoms with van der Waals surface area (Å²) in [6.07, 6.45) is 2.60. The molecule has 2 nitrogen and oxygen atoms in total. The summed E-state index contributed by atoms with van der Waals surface area (Å²) in [6.45, 7) is 4.20. The van der Waals surface area contributed by atoms with E-state index in [-0.39, 0.29) is 0 Å². The standard InChI is InChI=1S/C8H15NO/c1-6-2-7-4-10-5-8(3-6)9-7/h6-9H,2-5H2,1H3/t6?,7-,8?/m0/s1. The molecule has 2 saturated heterocycles. The molecule has 10 heavy (non-hydrogen) atoms. The zero-order chi connectivity index (χ0) is 6.97. The molecule has 1 N–H and O–H groups in total. The summed E-state index contributed by atoms with van der Waals surface area (Å²) in [5.74, 6) is 0.903. The van der Waals surface area contributed by atoms with Crippen molar-refractivity contribution >= 4 is 0 Å². The van der Waals surface area contributed by atoms with Crippen molar-refractivity contribution in [3.63, 3.8) is 0 Å². The fourth-order valence-electron chi connectivity index (χ4n) is 2.12. The molecule has 2 fully saturated rings. The van der Waals surface area contributed by atoms with Gasteiger partial charge in [0.25, 0.3) is 0 Å². The normalized spacial score (nSPS) is 47.1. The Bertz CT molecular complexity index is 110. The lowest BCUT2D eigenvalue weighted by molar-refractivity contribution is 0.0107. The highest BCUT2D eigenvalue weighted by atomic mass is 16.5. The van der Waals surface area contributed by atoms with Crippen LogP contribution in [0.2, 0.25) is 0 Å². The third kappa shape index (κ3) is 1.18. The molecule has 2 aliphatic heterocycles. The van der Waals surface area contributed by atoms with E-state index in [1.54, 1.807) is 0 Å². The summed E-state index contributed by atoms with van der Waals surface area (Å²) in [6, 6.07) is 1.31. The van der Waals surface area contributed by atoms with Crippen molar-refractivity contribution in [3.8, 4) is 0 Å². The molecule has 3 atom stereocenters. The second kappa shape index (κ2) is 2.51. The molecule has 2 heterocycles. The maximum absolute atomic E-state index is 5.42. The van der Waals surface area contributed by atoms with Gasteiger partial charge in [-0.2, -0.15) is 0 Å². The number of fused-ring (bicyclic) bond motifs is 2. The lowest BCUT2D eigenvalue weighted by atomic mass is 9.89. The van der Waals surface area contributed by atoms with E-state index in [4.69, 9.17) is 4.74 Å². The van der Waals surface area contributed by atoms with E-state index < -0.39 is 0 Å². The Morgan fingerprint density at radius 2 is 1.80 bits per heavy atom. The number of hydrogen-bond donors (Lipinski definition) is 1. The molecule has 0 saturated carbocycles. The number of piperidine rings is 1. The molecule has 2 bridgehead atoms. The quantitative estimate of drug-likeness (QED) is 0.538. The van der Waals surface area contributed by atoms with Gasteiger partial charge in [0.15, 0.2) is 0 Å². The zero-order valence-electron chi connectivity index (χ0n) is 6.47. The Morgan fingerprint density at radius 3 is 2.40 bits per heavy atom. The van der Waals surface area contributed by atoms with Crippen molar-refractivity contribution in [2.75, 3.05) is 13.2 Å². The van der Waals surface area contributed by atoms with Gasteiger partial charge in [0.1, 0.15) is 0 Å². The highest BCUT2D eigenvalue weighted by molar-refractivity contribution is 4.86. The SMILES string of the molecule is CC1CC2COC[C@H](C1)N2. The molecule has 0 aliphatic carbocycles. The van der Waals surface area contributed by atoms with E-state index in [1.165, 1.54) is 12.8 Å². The van der Waals surface area contributed by atoms with Crippen LogP contribution in [0.3, 0.4) is 0 Å². The second-order valence-electron chi connectivity index (χ2n) is 3.67. The monoisotopic (exact) mass is 141 g/mol. The number of hydrogen-bond acceptors (Lipinski definition) is 2. The topological polar surface area (TPSA) is 21.3 Å². The van der Waals surface area contributed by atoms with E-state index in [0.717, 1.165) is 19.1 Å². The van der Waals surface area contributed by atoms with Gasteiger partial charge in [0.05, 0.1) is 13.2 Å². The van der Waals surface area contributed by atoms with E-state index in [1.807, 2.05) is 0 Å². The van der Waals surface area contributed by atoms with Crippen LogP contribution in [0.1, 0.15) is 19.8 Å². The van der Waals surface area contributed by atoms with Crippen LogP contribution in [0.5, 0.6) is 0 Å². The first-order chi connectivity index (χ1) is 4.84. The van der Waals surface area contributed by atoms with Gasteiger partial charge in [-0.3, -0.25) is 0 Å². The summed E-state index contributed by atoms with van der Waals surface area (Å²) in [7, 11) is 0. The second-order valence-corrected chi connectivity index (χ2v) is 3.67. The first-order valence-electron chi connectivity index (χ1n) is 4.18. The average molecular weight is 141 g/mol. The van der Waals surface area contributed by atoms with Crippen LogP contribution in [-0.2, 0) is 4.74 Å². The Morgan fingerprint density at radius 1 is 1.20 bits per heavy atom. The van der Waals surface area contributed by atoms with Gasteiger partial charge in [0, 0.05) is 12.1 Å². The van der Waals surface area contributed by atoms with Crippen molar-refractivity contribution in [1.82, 2.24) is 5.32 Å². The van der Waals surface area contributed by atoms with Crippen molar-refractivity contribution in [3.05, 3.63) is 0 Å². The number of ether oxygens (including phenoxy) is 1. The number of rotatable bonds is 0. The lowest BCUT2D eigenvalue weighted by Gasteiger charge is -2.38. The average Bonchev–Trinajstić information content (AvgIpc) is 1.85. The molecule has 2 rings (SSSR count). The molecule has 0 aromatic rings. The Balaban J connectivity index is 1.98. The van der Waals surface area contributed by atoms with Crippen LogP contribution in [-0.4, -0.2) is 25.3 Å². The lowest BCUT2D eigenvalue weighted by Crippen LogP contribution is -2.53. The van der Waals surface area contributed by atoms with Crippen molar-refractivity contribution in [2.45, 2.75) is 31.8 Å². The maximum atomic E-state index is 5.42.